The first-order valence-corrected chi connectivity index (χ1v) is 3.44. The SMILES string of the molecule is CCCCNC(C)C#N. The fourth-order valence-corrected chi connectivity index (χ4v) is 0.541. The summed E-state index contributed by atoms with van der Waals surface area (Å²) in [5, 5.41) is 11.4. The number of hydrogen-bond donors (Lipinski definition) is 1. The van der Waals surface area contributed by atoms with Gasteiger partial charge in [0.1, 0.15) is 0 Å². The lowest BCUT2D eigenvalue weighted by Gasteiger charge is -2.02. The predicted octanol–water partition coefficient (Wildman–Crippen LogP) is 1.29. The molecule has 2 heteroatoms. The highest BCUT2D eigenvalue weighted by molar-refractivity contribution is 4.84. The molecule has 0 heterocycles. The van der Waals surface area contributed by atoms with E-state index in [0.717, 1.165) is 13.0 Å². The maximum atomic E-state index is 8.32. The van der Waals surface area contributed by atoms with Gasteiger partial charge in [0.2, 0.25) is 0 Å². The van der Waals surface area contributed by atoms with Gasteiger partial charge in [-0.25, -0.2) is 0 Å². The van der Waals surface area contributed by atoms with Gasteiger partial charge in [-0.1, -0.05) is 13.3 Å². The number of nitriles is 1. The van der Waals surface area contributed by atoms with E-state index in [-0.39, 0.29) is 6.04 Å². The molecule has 0 amide bonds. The summed E-state index contributed by atoms with van der Waals surface area (Å²) in [6.07, 6.45) is 2.34. The summed E-state index contributed by atoms with van der Waals surface area (Å²) in [5.41, 5.74) is 0. The second kappa shape index (κ2) is 5.58. The molecular formula is C7H14N2. The average molecular weight is 126 g/mol. The smallest absolute Gasteiger partial charge is 0.0924 e. The Hall–Kier alpha value is -0.550. The van der Waals surface area contributed by atoms with Gasteiger partial charge in [-0.3, -0.25) is 0 Å². The molecule has 0 aliphatic heterocycles. The van der Waals surface area contributed by atoms with Crippen molar-refractivity contribution in [3.63, 3.8) is 0 Å². The van der Waals surface area contributed by atoms with Gasteiger partial charge in [0.25, 0.3) is 0 Å². The van der Waals surface area contributed by atoms with Gasteiger partial charge in [0.05, 0.1) is 12.1 Å². The minimum atomic E-state index is 0.0107. The standard InChI is InChI=1S/C7H14N2/c1-3-4-5-9-7(2)6-8/h7,9H,3-5H2,1-2H3. The topological polar surface area (TPSA) is 35.8 Å². The van der Waals surface area contributed by atoms with Crippen molar-refractivity contribution in [2.75, 3.05) is 6.54 Å². The highest BCUT2D eigenvalue weighted by atomic mass is 14.9. The molecule has 52 valence electrons. The van der Waals surface area contributed by atoms with Crippen molar-refractivity contribution in [3.05, 3.63) is 0 Å². The first-order chi connectivity index (χ1) is 4.31. The van der Waals surface area contributed by atoms with Crippen molar-refractivity contribution in [2.24, 2.45) is 0 Å². The zero-order chi connectivity index (χ0) is 7.11. The van der Waals surface area contributed by atoms with E-state index in [1.165, 1.54) is 6.42 Å². The van der Waals surface area contributed by atoms with E-state index < -0.39 is 0 Å². The van der Waals surface area contributed by atoms with E-state index >= 15 is 0 Å². The predicted molar refractivity (Wildman–Crippen MR) is 38.0 cm³/mol. The van der Waals surface area contributed by atoms with Gasteiger partial charge in [-0.15, -0.1) is 0 Å². The average Bonchev–Trinajstić information content (AvgIpc) is 1.89. The highest BCUT2D eigenvalue weighted by Gasteiger charge is 1.93. The Bertz CT molecular complexity index is 93.6. The summed E-state index contributed by atoms with van der Waals surface area (Å²) in [6.45, 7) is 4.97. The van der Waals surface area contributed by atoms with Crippen LogP contribution in [0.5, 0.6) is 0 Å². The van der Waals surface area contributed by atoms with E-state index in [1.54, 1.807) is 0 Å². The van der Waals surface area contributed by atoms with Crippen LogP contribution in [0.4, 0.5) is 0 Å². The fraction of sp³-hybridized carbons (Fsp3) is 0.857. The molecular weight excluding hydrogens is 112 g/mol. The summed E-state index contributed by atoms with van der Waals surface area (Å²) in [6, 6.07) is 2.12. The third-order valence-electron chi connectivity index (χ3n) is 1.17. The van der Waals surface area contributed by atoms with E-state index in [1.807, 2.05) is 6.92 Å². The van der Waals surface area contributed by atoms with Crippen LogP contribution in [-0.2, 0) is 0 Å². The molecule has 0 aromatic rings. The minimum Gasteiger partial charge on any atom is -0.302 e. The molecule has 1 atom stereocenters. The van der Waals surface area contributed by atoms with Crippen LogP contribution >= 0.6 is 0 Å². The third kappa shape index (κ3) is 5.32. The summed E-state index contributed by atoms with van der Waals surface area (Å²) in [4.78, 5) is 0. The molecule has 0 fully saturated rings. The monoisotopic (exact) mass is 126 g/mol. The Morgan fingerprint density at radius 1 is 1.67 bits per heavy atom. The van der Waals surface area contributed by atoms with Crippen LogP contribution in [-0.4, -0.2) is 12.6 Å². The number of nitrogens with one attached hydrogen (secondary N) is 1. The molecule has 0 saturated heterocycles. The van der Waals surface area contributed by atoms with Gasteiger partial charge in [0, 0.05) is 0 Å². The van der Waals surface area contributed by atoms with Crippen LogP contribution in [0, 0.1) is 11.3 Å². The minimum absolute atomic E-state index is 0.0107. The van der Waals surface area contributed by atoms with Crippen LogP contribution < -0.4 is 5.32 Å². The van der Waals surface area contributed by atoms with E-state index in [2.05, 4.69) is 18.3 Å². The largest absolute Gasteiger partial charge is 0.302 e. The molecule has 0 spiro atoms. The second-order valence-corrected chi connectivity index (χ2v) is 2.16. The number of rotatable bonds is 4. The quantitative estimate of drug-likeness (QED) is 0.576. The normalized spacial score (nSPS) is 12.6. The van der Waals surface area contributed by atoms with Gasteiger partial charge < -0.3 is 5.32 Å². The van der Waals surface area contributed by atoms with E-state index in [9.17, 15) is 0 Å². The maximum absolute atomic E-state index is 8.32. The molecule has 1 unspecified atom stereocenters. The Morgan fingerprint density at radius 3 is 2.78 bits per heavy atom. The van der Waals surface area contributed by atoms with Crippen molar-refractivity contribution in [3.8, 4) is 6.07 Å². The number of nitrogens with zero attached hydrogens (tertiary/aromatic N) is 1. The molecule has 0 radical (unpaired) electrons. The Kier molecular flexibility index (Phi) is 5.24. The van der Waals surface area contributed by atoms with Crippen LogP contribution in [0.2, 0.25) is 0 Å². The summed E-state index contributed by atoms with van der Waals surface area (Å²) >= 11 is 0. The Labute approximate surface area is 56.9 Å². The van der Waals surface area contributed by atoms with Crippen LogP contribution in [0.3, 0.4) is 0 Å². The van der Waals surface area contributed by atoms with Crippen LogP contribution in [0.25, 0.3) is 0 Å². The number of hydrogen-bond acceptors (Lipinski definition) is 2. The van der Waals surface area contributed by atoms with Crippen LogP contribution in [0.15, 0.2) is 0 Å². The molecule has 0 saturated carbocycles. The molecule has 9 heavy (non-hydrogen) atoms. The third-order valence-corrected chi connectivity index (χ3v) is 1.17. The van der Waals surface area contributed by atoms with E-state index in [0.29, 0.717) is 0 Å². The first-order valence-electron chi connectivity index (χ1n) is 3.44. The van der Waals surface area contributed by atoms with Crippen molar-refractivity contribution in [1.82, 2.24) is 5.32 Å². The zero-order valence-corrected chi connectivity index (χ0v) is 6.15. The van der Waals surface area contributed by atoms with Crippen molar-refractivity contribution < 1.29 is 0 Å². The molecule has 0 aliphatic carbocycles. The molecule has 0 rings (SSSR count). The fourth-order valence-electron chi connectivity index (χ4n) is 0.541. The van der Waals surface area contributed by atoms with Gasteiger partial charge >= 0.3 is 0 Å². The van der Waals surface area contributed by atoms with Crippen molar-refractivity contribution in [2.45, 2.75) is 32.7 Å². The maximum Gasteiger partial charge on any atom is 0.0924 e. The lowest BCUT2D eigenvalue weighted by atomic mass is 10.3. The lowest BCUT2D eigenvalue weighted by molar-refractivity contribution is 0.607. The number of unbranched alkanes of at least 4 members (excludes halogenated alkanes) is 1. The first kappa shape index (κ1) is 8.45. The molecule has 2 nitrogen and oxygen atoms in total. The molecule has 0 aromatic carbocycles. The molecule has 0 aliphatic rings. The molecule has 1 N–H and O–H groups in total. The lowest BCUT2D eigenvalue weighted by Crippen LogP contribution is -2.24. The summed E-state index contributed by atoms with van der Waals surface area (Å²) in [5.74, 6) is 0. The molecule has 0 aromatic heterocycles. The van der Waals surface area contributed by atoms with Gasteiger partial charge in [-0.2, -0.15) is 5.26 Å². The van der Waals surface area contributed by atoms with E-state index in [4.69, 9.17) is 5.26 Å². The van der Waals surface area contributed by atoms with Gasteiger partial charge in [-0.05, 0) is 19.9 Å². The summed E-state index contributed by atoms with van der Waals surface area (Å²) < 4.78 is 0. The highest BCUT2D eigenvalue weighted by Crippen LogP contribution is 1.84. The Morgan fingerprint density at radius 2 is 2.33 bits per heavy atom. The zero-order valence-electron chi connectivity index (χ0n) is 6.15. The summed E-state index contributed by atoms with van der Waals surface area (Å²) in [7, 11) is 0. The van der Waals surface area contributed by atoms with Crippen molar-refractivity contribution >= 4 is 0 Å². The molecule has 0 bridgehead atoms. The second-order valence-electron chi connectivity index (χ2n) is 2.16. The van der Waals surface area contributed by atoms with Crippen LogP contribution in [0.1, 0.15) is 26.7 Å². The Balaban J connectivity index is 2.99. The van der Waals surface area contributed by atoms with Crippen molar-refractivity contribution in [1.29, 1.82) is 5.26 Å². The van der Waals surface area contributed by atoms with Gasteiger partial charge in [0.15, 0.2) is 0 Å².